The van der Waals surface area contributed by atoms with E-state index in [9.17, 15) is 0 Å². The van der Waals surface area contributed by atoms with Crippen molar-refractivity contribution in [3.05, 3.63) is 24.3 Å². The molecule has 0 aromatic heterocycles. The zero-order valence-corrected chi connectivity index (χ0v) is 9.43. The fourth-order valence-corrected chi connectivity index (χ4v) is 2.62. The minimum atomic E-state index is 0.655. The van der Waals surface area contributed by atoms with E-state index in [4.69, 9.17) is 4.74 Å². The maximum atomic E-state index is 5.68. The van der Waals surface area contributed by atoms with Gasteiger partial charge in [-0.15, -0.1) is 0 Å². The van der Waals surface area contributed by atoms with Crippen LogP contribution in [0.15, 0.2) is 24.3 Å². The van der Waals surface area contributed by atoms with Crippen LogP contribution in [0.25, 0.3) is 0 Å². The second kappa shape index (κ2) is 4.34. The first-order chi connectivity index (χ1) is 7.95. The minimum absolute atomic E-state index is 0.655. The van der Waals surface area contributed by atoms with E-state index < -0.39 is 0 Å². The molecule has 0 bridgehead atoms. The monoisotopic (exact) mass is 217 g/mol. The van der Waals surface area contributed by atoms with Crippen molar-refractivity contribution in [2.45, 2.75) is 18.9 Å². The Morgan fingerprint density at radius 3 is 2.88 bits per heavy atom. The van der Waals surface area contributed by atoms with Gasteiger partial charge < -0.3 is 9.64 Å². The maximum absolute atomic E-state index is 5.68. The van der Waals surface area contributed by atoms with Crippen molar-refractivity contribution >= 4 is 5.69 Å². The fraction of sp³-hybridized carbons (Fsp3) is 0.538. The van der Waals surface area contributed by atoms with E-state index in [0.29, 0.717) is 6.04 Å². The maximum Gasteiger partial charge on any atom is 0.142 e. The van der Waals surface area contributed by atoms with Gasteiger partial charge in [-0.1, -0.05) is 12.1 Å². The molecule has 1 aromatic rings. The van der Waals surface area contributed by atoms with Crippen LogP contribution in [0.4, 0.5) is 5.69 Å². The molecule has 2 heterocycles. The number of ether oxygens (including phenoxy) is 1. The molecule has 3 heteroatoms. The molecular weight excluding hydrogens is 200 g/mol. The van der Waals surface area contributed by atoms with Gasteiger partial charge in [0.1, 0.15) is 12.4 Å². The van der Waals surface area contributed by atoms with E-state index >= 15 is 0 Å². The van der Waals surface area contributed by atoms with Crippen molar-refractivity contribution in [1.29, 1.82) is 0 Å². The van der Waals surface area contributed by atoms with Crippen LogP contribution >= 0.6 is 0 Å². The largest absolute Gasteiger partial charge is 0.490 e. The topological polar surface area (TPSA) is 26.6 Å². The van der Waals surface area contributed by atoms with Gasteiger partial charge in [0.05, 0.1) is 12.2 Å². The zero-order valence-electron chi connectivity index (χ0n) is 9.43. The Kier molecular flexibility index (Phi) is 2.70. The summed E-state index contributed by atoms with van der Waals surface area (Å²) < 4.78 is 5.68. The van der Waals surface area contributed by atoms with Gasteiger partial charge in [0.25, 0.3) is 0 Å². The first kappa shape index (κ1) is 9.97. The molecule has 2 aliphatic rings. The number of para-hydroxylation sites is 2. The highest BCUT2D eigenvalue weighted by molar-refractivity contribution is 5.60. The van der Waals surface area contributed by atoms with Gasteiger partial charge in [-0.05, 0) is 25.0 Å². The van der Waals surface area contributed by atoms with Crippen LogP contribution in [-0.4, -0.2) is 32.3 Å². The first-order valence-corrected chi connectivity index (χ1v) is 6.07. The number of fused-ring (bicyclic) bond motifs is 1. The summed E-state index contributed by atoms with van der Waals surface area (Å²) in [5, 5.41) is 4.42. The van der Waals surface area contributed by atoms with E-state index in [1.165, 1.54) is 18.5 Å². The van der Waals surface area contributed by atoms with Gasteiger partial charge in [-0.2, -0.15) is 0 Å². The lowest BCUT2D eigenvalue weighted by atomic mass is 10.0. The van der Waals surface area contributed by atoms with Gasteiger partial charge in [0.15, 0.2) is 0 Å². The van der Waals surface area contributed by atoms with E-state index in [2.05, 4.69) is 28.4 Å². The molecule has 0 amide bonds. The van der Waals surface area contributed by atoms with Crippen molar-refractivity contribution in [3.63, 3.8) is 0 Å². The van der Waals surface area contributed by atoms with Crippen molar-refractivity contribution < 1.29 is 4.74 Å². The number of anilines is 1. The molecule has 1 radical (unpaired) electrons. The highest BCUT2D eigenvalue weighted by Gasteiger charge is 2.26. The quantitative estimate of drug-likeness (QED) is 0.715. The third kappa shape index (κ3) is 1.76. The van der Waals surface area contributed by atoms with Crippen molar-refractivity contribution in [2.75, 3.05) is 31.1 Å². The number of rotatable bonds is 1. The summed E-state index contributed by atoms with van der Waals surface area (Å²) in [6, 6.07) is 9.02. The van der Waals surface area contributed by atoms with Crippen LogP contribution in [-0.2, 0) is 0 Å². The fourth-order valence-electron chi connectivity index (χ4n) is 2.62. The van der Waals surface area contributed by atoms with Crippen LogP contribution in [0.3, 0.4) is 0 Å². The predicted molar refractivity (Wildman–Crippen MR) is 64.2 cm³/mol. The highest BCUT2D eigenvalue weighted by Crippen LogP contribution is 2.33. The number of hydrogen-bond acceptors (Lipinski definition) is 2. The molecule has 0 unspecified atom stereocenters. The molecule has 1 saturated heterocycles. The lowest BCUT2D eigenvalue weighted by molar-refractivity contribution is 0.290. The number of piperidine rings is 1. The van der Waals surface area contributed by atoms with Gasteiger partial charge >= 0.3 is 0 Å². The molecule has 3 rings (SSSR count). The Morgan fingerprint density at radius 2 is 2.00 bits per heavy atom. The van der Waals surface area contributed by atoms with Crippen molar-refractivity contribution in [2.24, 2.45) is 0 Å². The molecular formula is C13H17N2O. The summed E-state index contributed by atoms with van der Waals surface area (Å²) in [6.07, 6.45) is 2.38. The normalized spacial score (nSPS) is 21.4. The average molecular weight is 217 g/mol. The molecule has 0 saturated carbocycles. The second-order valence-electron chi connectivity index (χ2n) is 4.41. The molecule has 0 atom stereocenters. The summed E-state index contributed by atoms with van der Waals surface area (Å²) >= 11 is 0. The summed E-state index contributed by atoms with van der Waals surface area (Å²) in [7, 11) is 0. The Labute approximate surface area is 96.4 Å². The smallest absolute Gasteiger partial charge is 0.142 e. The standard InChI is InChI=1S/C13H17N2O/c1-2-4-13-12(3-1)15(9-10-16-13)11-5-7-14-8-6-11/h1-4,11H,5-10H2. The Balaban J connectivity index is 1.86. The number of nitrogens with zero attached hydrogens (tertiary/aromatic N) is 2. The second-order valence-corrected chi connectivity index (χ2v) is 4.41. The summed E-state index contributed by atoms with van der Waals surface area (Å²) in [4.78, 5) is 2.51. The molecule has 16 heavy (non-hydrogen) atoms. The molecule has 85 valence electrons. The Bertz CT molecular complexity index is 361. The highest BCUT2D eigenvalue weighted by atomic mass is 16.5. The van der Waals surface area contributed by atoms with Gasteiger partial charge in [-0.25, -0.2) is 5.32 Å². The molecule has 1 fully saturated rings. The summed E-state index contributed by atoms with van der Waals surface area (Å²) in [6.45, 7) is 3.86. The first-order valence-electron chi connectivity index (χ1n) is 6.07. The minimum Gasteiger partial charge on any atom is -0.490 e. The predicted octanol–water partition coefficient (Wildman–Crippen LogP) is 1.65. The van der Waals surface area contributed by atoms with Crippen LogP contribution < -0.4 is 15.0 Å². The van der Waals surface area contributed by atoms with Crippen LogP contribution in [0.2, 0.25) is 0 Å². The van der Waals surface area contributed by atoms with E-state index in [-0.39, 0.29) is 0 Å². The summed E-state index contributed by atoms with van der Waals surface area (Å²) in [5.41, 5.74) is 1.26. The van der Waals surface area contributed by atoms with Crippen molar-refractivity contribution in [1.82, 2.24) is 5.32 Å². The zero-order chi connectivity index (χ0) is 10.8. The Hall–Kier alpha value is -1.22. The molecule has 0 spiro atoms. The third-order valence-electron chi connectivity index (χ3n) is 3.45. The molecule has 3 nitrogen and oxygen atoms in total. The summed E-state index contributed by atoms with van der Waals surface area (Å²) in [5.74, 6) is 1.04. The molecule has 1 aromatic carbocycles. The molecule has 2 aliphatic heterocycles. The van der Waals surface area contributed by atoms with E-state index in [0.717, 1.165) is 32.0 Å². The van der Waals surface area contributed by atoms with Crippen LogP contribution in [0.5, 0.6) is 5.75 Å². The molecule has 0 N–H and O–H groups in total. The Morgan fingerprint density at radius 1 is 1.19 bits per heavy atom. The average Bonchev–Trinajstić information content (AvgIpc) is 2.39. The van der Waals surface area contributed by atoms with Gasteiger partial charge in [0.2, 0.25) is 0 Å². The number of benzene rings is 1. The van der Waals surface area contributed by atoms with E-state index in [1.54, 1.807) is 0 Å². The van der Waals surface area contributed by atoms with E-state index in [1.807, 2.05) is 6.07 Å². The third-order valence-corrected chi connectivity index (χ3v) is 3.45. The lowest BCUT2D eigenvalue weighted by Gasteiger charge is -2.39. The number of hydrogen-bond donors (Lipinski definition) is 0. The van der Waals surface area contributed by atoms with Gasteiger partial charge in [0, 0.05) is 19.1 Å². The van der Waals surface area contributed by atoms with Crippen LogP contribution in [0, 0.1) is 0 Å². The SMILES string of the molecule is c1ccc2c(c1)OCCN2C1CC[N]CC1. The lowest BCUT2D eigenvalue weighted by Crippen LogP contribution is -2.45. The van der Waals surface area contributed by atoms with Crippen LogP contribution in [0.1, 0.15) is 12.8 Å². The van der Waals surface area contributed by atoms with Gasteiger partial charge in [-0.3, -0.25) is 0 Å². The van der Waals surface area contributed by atoms with Crippen molar-refractivity contribution in [3.8, 4) is 5.75 Å². The molecule has 0 aliphatic carbocycles.